The highest BCUT2D eigenvalue weighted by molar-refractivity contribution is 5.30. The van der Waals surface area contributed by atoms with E-state index in [-0.39, 0.29) is 11.9 Å². The highest BCUT2D eigenvalue weighted by Crippen LogP contribution is 2.30. The lowest BCUT2D eigenvalue weighted by Crippen LogP contribution is -2.12. The molecule has 1 aliphatic rings. The van der Waals surface area contributed by atoms with Crippen molar-refractivity contribution in [1.29, 1.82) is 0 Å². The predicted octanol–water partition coefficient (Wildman–Crippen LogP) is 2.89. The highest BCUT2D eigenvalue weighted by Gasteiger charge is 2.22. The Morgan fingerprint density at radius 2 is 2.25 bits per heavy atom. The highest BCUT2D eigenvalue weighted by atomic mass is 19.1. The van der Waals surface area contributed by atoms with E-state index in [1.165, 1.54) is 12.8 Å². The van der Waals surface area contributed by atoms with Gasteiger partial charge in [0.05, 0.1) is 6.61 Å². The van der Waals surface area contributed by atoms with E-state index in [2.05, 4.69) is 5.32 Å². The smallest absolute Gasteiger partial charge is 0.165 e. The molecule has 2 nitrogen and oxygen atoms in total. The van der Waals surface area contributed by atoms with Gasteiger partial charge in [0.25, 0.3) is 0 Å². The van der Waals surface area contributed by atoms with Gasteiger partial charge >= 0.3 is 0 Å². The SMILES string of the molecule is CNC(C)c1ccc(OCC2CC2)c(F)c1. The number of hydrogen-bond donors (Lipinski definition) is 1. The van der Waals surface area contributed by atoms with E-state index < -0.39 is 0 Å². The van der Waals surface area contributed by atoms with Gasteiger partial charge in [0, 0.05) is 6.04 Å². The van der Waals surface area contributed by atoms with Crippen LogP contribution in [0.5, 0.6) is 5.75 Å². The first-order valence-electron chi connectivity index (χ1n) is 5.80. The number of halogens is 1. The third kappa shape index (κ3) is 2.73. The number of rotatable bonds is 5. The molecule has 1 aliphatic carbocycles. The van der Waals surface area contributed by atoms with E-state index in [0.29, 0.717) is 18.3 Å². The summed E-state index contributed by atoms with van der Waals surface area (Å²) >= 11 is 0. The Kier molecular flexibility index (Phi) is 3.44. The average molecular weight is 223 g/mol. The standard InChI is InChI=1S/C13H18FNO/c1-9(15-2)11-5-6-13(12(14)7-11)16-8-10-3-4-10/h5-7,9-10,15H,3-4,8H2,1-2H3. The van der Waals surface area contributed by atoms with Gasteiger partial charge in [-0.1, -0.05) is 6.07 Å². The first-order chi connectivity index (χ1) is 7.70. The Bertz CT molecular complexity index is 363. The van der Waals surface area contributed by atoms with Gasteiger partial charge in [-0.05, 0) is 50.4 Å². The molecule has 1 atom stereocenters. The van der Waals surface area contributed by atoms with Crippen molar-refractivity contribution in [1.82, 2.24) is 5.32 Å². The van der Waals surface area contributed by atoms with Crippen molar-refractivity contribution < 1.29 is 9.13 Å². The van der Waals surface area contributed by atoms with E-state index >= 15 is 0 Å². The Labute approximate surface area is 95.8 Å². The topological polar surface area (TPSA) is 21.3 Å². The Morgan fingerprint density at radius 3 is 2.81 bits per heavy atom. The van der Waals surface area contributed by atoms with Crippen molar-refractivity contribution in [3.8, 4) is 5.75 Å². The van der Waals surface area contributed by atoms with Gasteiger partial charge in [-0.15, -0.1) is 0 Å². The van der Waals surface area contributed by atoms with Crippen molar-refractivity contribution in [2.24, 2.45) is 5.92 Å². The Morgan fingerprint density at radius 1 is 1.50 bits per heavy atom. The second-order valence-corrected chi connectivity index (χ2v) is 4.45. The van der Waals surface area contributed by atoms with Crippen molar-refractivity contribution >= 4 is 0 Å². The van der Waals surface area contributed by atoms with Crippen LogP contribution >= 0.6 is 0 Å². The van der Waals surface area contributed by atoms with Crippen molar-refractivity contribution in [3.05, 3.63) is 29.6 Å². The van der Waals surface area contributed by atoms with Crippen molar-refractivity contribution in [3.63, 3.8) is 0 Å². The lowest BCUT2D eigenvalue weighted by molar-refractivity contribution is 0.285. The average Bonchev–Trinajstić information content (AvgIpc) is 3.10. The quantitative estimate of drug-likeness (QED) is 0.828. The lowest BCUT2D eigenvalue weighted by Gasteiger charge is -2.12. The fourth-order valence-corrected chi connectivity index (χ4v) is 1.56. The third-order valence-corrected chi connectivity index (χ3v) is 3.06. The Hall–Kier alpha value is -1.09. The zero-order chi connectivity index (χ0) is 11.5. The summed E-state index contributed by atoms with van der Waals surface area (Å²) in [7, 11) is 1.86. The molecule has 0 aromatic heterocycles. The summed E-state index contributed by atoms with van der Waals surface area (Å²) in [5.74, 6) is 0.759. The van der Waals surface area contributed by atoms with Crippen LogP contribution in [0.1, 0.15) is 31.4 Å². The van der Waals surface area contributed by atoms with E-state index in [4.69, 9.17) is 4.74 Å². The molecule has 1 aromatic carbocycles. The largest absolute Gasteiger partial charge is 0.490 e. The molecule has 1 N–H and O–H groups in total. The van der Waals surface area contributed by atoms with Gasteiger partial charge in [-0.2, -0.15) is 0 Å². The van der Waals surface area contributed by atoms with Crippen LogP contribution in [0.3, 0.4) is 0 Å². The maximum absolute atomic E-state index is 13.7. The van der Waals surface area contributed by atoms with Gasteiger partial charge in [-0.25, -0.2) is 4.39 Å². The van der Waals surface area contributed by atoms with Crippen LogP contribution in [0, 0.1) is 11.7 Å². The van der Waals surface area contributed by atoms with Gasteiger partial charge in [0.1, 0.15) is 0 Å². The summed E-state index contributed by atoms with van der Waals surface area (Å²) in [6.45, 7) is 2.65. The van der Waals surface area contributed by atoms with E-state index in [1.807, 2.05) is 20.0 Å². The van der Waals surface area contributed by atoms with Crippen molar-refractivity contribution in [2.75, 3.05) is 13.7 Å². The minimum atomic E-state index is -0.264. The molecule has 0 heterocycles. The molecular formula is C13H18FNO. The summed E-state index contributed by atoms with van der Waals surface area (Å²) < 4.78 is 19.1. The van der Waals surface area contributed by atoms with E-state index in [1.54, 1.807) is 12.1 Å². The van der Waals surface area contributed by atoms with Crippen molar-refractivity contribution in [2.45, 2.75) is 25.8 Å². The molecule has 0 radical (unpaired) electrons. The molecule has 0 amide bonds. The molecule has 1 saturated carbocycles. The molecule has 3 heteroatoms. The number of nitrogens with one attached hydrogen (secondary N) is 1. The molecule has 0 aliphatic heterocycles. The first-order valence-corrected chi connectivity index (χ1v) is 5.80. The fraction of sp³-hybridized carbons (Fsp3) is 0.538. The first kappa shape index (κ1) is 11.4. The third-order valence-electron chi connectivity index (χ3n) is 3.06. The molecule has 1 aromatic rings. The molecule has 16 heavy (non-hydrogen) atoms. The second kappa shape index (κ2) is 4.83. The van der Waals surface area contributed by atoms with Crippen LogP contribution in [0.4, 0.5) is 4.39 Å². The zero-order valence-electron chi connectivity index (χ0n) is 9.79. The summed E-state index contributed by atoms with van der Waals surface area (Å²) in [6.07, 6.45) is 2.44. The van der Waals surface area contributed by atoms with Crippen LogP contribution in [-0.4, -0.2) is 13.7 Å². The minimum Gasteiger partial charge on any atom is -0.490 e. The number of ether oxygens (including phenoxy) is 1. The molecule has 1 unspecified atom stereocenters. The monoisotopic (exact) mass is 223 g/mol. The zero-order valence-corrected chi connectivity index (χ0v) is 9.79. The van der Waals surface area contributed by atoms with Gasteiger partial charge in [-0.3, -0.25) is 0 Å². The number of hydrogen-bond acceptors (Lipinski definition) is 2. The maximum Gasteiger partial charge on any atom is 0.165 e. The molecule has 0 spiro atoms. The Balaban J connectivity index is 2.02. The normalized spacial score (nSPS) is 17.2. The molecule has 0 saturated heterocycles. The maximum atomic E-state index is 13.7. The second-order valence-electron chi connectivity index (χ2n) is 4.45. The molecule has 88 valence electrons. The van der Waals surface area contributed by atoms with Gasteiger partial charge in [0.15, 0.2) is 11.6 Å². The molecule has 0 bridgehead atoms. The van der Waals surface area contributed by atoms with E-state index in [9.17, 15) is 4.39 Å². The summed E-state index contributed by atoms with van der Waals surface area (Å²) in [6, 6.07) is 5.34. The summed E-state index contributed by atoms with van der Waals surface area (Å²) in [5, 5.41) is 3.08. The predicted molar refractivity (Wildman–Crippen MR) is 62.1 cm³/mol. The van der Waals surface area contributed by atoms with Crippen LogP contribution < -0.4 is 10.1 Å². The van der Waals surface area contributed by atoms with Gasteiger partial charge < -0.3 is 10.1 Å². The van der Waals surface area contributed by atoms with Gasteiger partial charge in [0.2, 0.25) is 0 Å². The van der Waals surface area contributed by atoms with E-state index in [0.717, 1.165) is 5.56 Å². The minimum absolute atomic E-state index is 0.159. The fourth-order valence-electron chi connectivity index (χ4n) is 1.56. The van der Waals surface area contributed by atoms with Crippen LogP contribution in [0.2, 0.25) is 0 Å². The number of benzene rings is 1. The summed E-state index contributed by atoms with van der Waals surface area (Å²) in [4.78, 5) is 0. The van der Waals surface area contributed by atoms with Crippen LogP contribution in [0.15, 0.2) is 18.2 Å². The molecule has 2 rings (SSSR count). The lowest BCUT2D eigenvalue weighted by atomic mass is 10.1. The molecular weight excluding hydrogens is 205 g/mol. The summed E-state index contributed by atoms with van der Waals surface area (Å²) in [5.41, 5.74) is 0.943. The molecule has 1 fully saturated rings. The van der Waals surface area contributed by atoms with Crippen LogP contribution in [0.25, 0.3) is 0 Å². The van der Waals surface area contributed by atoms with Crippen LogP contribution in [-0.2, 0) is 0 Å².